The smallest absolute Gasteiger partial charge is 0.321 e. The van der Waals surface area contributed by atoms with E-state index in [1.807, 2.05) is 30.3 Å². The summed E-state index contributed by atoms with van der Waals surface area (Å²) < 4.78 is 9.74. The van der Waals surface area contributed by atoms with Gasteiger partial charge in [0.05, 0.1) is 0 Å². The topological polar surface area (TPSA) is 59.6 Å². The first-order valence-corrected chi connectivity index (χ1v) is 4.88. The molecule has 0 aromatic heterocycles. The van der Waals surface area contributed by atoms with E-state index in [1.165, 1.54) is 6.26 Å². The van der Waals surface area contributed by atoms with Gasteiger partial charge in [0.25, 0.3) is 0 Å². The van der Waals surface area contributed by atoms with Gasteiger partial charge in [-0.25, -0.2) is 4.79 Å². The van der Waals surface area contributed by atoms with E-state index < -0.39 is 0 Å². The number of carbonyl (C=O) groups excluding carboxylic acids is 1. The first kappa shape index (κ1) is 10.4. The molecule has 0 radical (unpaired) electrons. The van der Waals surface area contributed by atoms with Crippen LogP contribution < -0.4 is 10.6 Å². The van der Waals surface area contributed by atoms with Crippen molar-refractivity contribution in [3.63, 3.8) is 0 Å². The van der Waals surface area contributed by atoms with Crippen molar-refractivity contribution >= 4 is 6.03 Å². The first-order chi connectivity index (χ1) is 7.84. The average Bonchev–Trinajstić information content (AvgIpc) is 2.81. The van der Waals surface area contributed by atoms with Gasteiger partial charge < -0.3 is 14.8 Å². The third-order valence-corrected chi connectivity index (χ3v) is 2.01. The van der Waals surface area contributed by atoms with E-state index in [9.17, 15) is 4.79 Å². The Morgan fingerprint density at radius 1 is 1.31 bits per heavy atom. The van der Waals surface area contributed by atoms with E-state index in [0.717, 1.165) is 5.56 Å². The van der Waals surface area contributed by atoms with Gasteiger partial charge in [0.1, 0.15) is 6.26 Å². The molecule has 1 aromatic carbocycles. The fourth-order valence-electron chi connectivity index (χ4n) is 1.24. The minimum atomic E-state index is -0.319. The standard InChI is InChI=1S/C11H12N2O3/c14-11(13-10-7-15-8-16-10)12-6-9-4-2-1-3-5-9/h1-5,7H,6,8H2,(H2,12,13,14). The van der Waals surface area contributed by atoms with E-state index in [1.54, 1.807) is 0 Å². The highest BCUT2D eigenvalue weighted by atomic mass is 16.7. The number of rotatable bonds is 3. The molecule has 2 amide bonds. The Bertz CT molecular complexity index is 389. The van der Waals surface area contributed by atoms with Crippen molar-refractivity contribution in [2.24, 2.45) is 0 Å². The summed E-state index contributed by atoms with van der Waals surface area (Å²) in [7, 11) is 0. The Kier molecular flexibility index (Phi) is 3.28. The number of carbonyl (C=O) groups is 1. The van der Waals surface area contributed by atoms with Gasteiger partial charge in [0.2, 0.25) is 12.7 Å². The second-order valence-electron chi connectivity index (χ2n) is 3.20. The van der Waals surface area contributed by atoms with Crippen LogP contribution in [0, 0.1) is 0 Å². The predicted octanol–water partition coefficient (Wildman–Crippen LogP) is 1.29. The van der Waals surface area contributed by atoms with Crippen LogP contribution in [-0.4, -0.2) is 12.8 Å². The van der Waals surface area contributed by atoms with Gasteiger partial charge in [-0.1, -0.05) is 30.3 Å². The van der Waals surface area contributed by atoms with Crippen molar-refractivity contribution in [1.82, 2.24) is 10.6 Å². The van der Waals surface area contributed by atoms with Gasteiger partial charge >= 0.3 is 6.03 Å². The molecular weight excluding hydrogens is 208 g/mol. The van der Waals surface area contributed by atoms with Gasteiger partial charge in [-0.3, -0.25) is 5.32 Å². The van der Waals surface area contributed by atoms with E-state index in [0.29, 0.717) is 12.4 Å². The molecule has 1 heterocycles. The molecule has 2 rings (SSSR count). The largest absolute Gasteiger partial charge is 0.459 e. The molecule has 0 aliphatic carbocycles. The van der Waals surface area contributed by atoms with Crippen molar-refractivity contribution < 1.29 is 14.3 Å². The van der Waals surface area contributed by atoms with Crippen LogP contribution in [-0.2, 0) is 16.0 Å². The number of nitrogens with one attached hydrogen (secondary N) is 2. The molecule has 1 aliphatic heterocycles. The minimum Gasteiger partial charge on any atom is -0.459 e. The molecule has 2 N–H and O–H groups in total. The third kappa shape index (κ3) is 2.91. The summed E-state index contributed by atoms with van der Waals surface area (Å²) in [6.45, 7) is 0.620. The molecule has 5 heteroatoms. The Morgan fingerprint density at radius 3 is 2.81 bits per heavy atom. The maximum absolute atomic E-state index is 11.4. The fraction of sp³-hybridized carbons (Fsp3) is 0.182. The number of benzene rings is 1. The van der Waals surface area contributed by atoms with Gasteiger partial charge in [0, 0.05) is 6.54 Å². The lowest BCUT2D eigenvalue weighted by Crippen LogP contribution is -2.34. The SMILES string of the molecule is O=C(NCc1ccccc1)NC1=COCO1. The molecule has 16 heavy (non-hydrogen) atoms. The summed E-state index contributed by atoms with van der Waals surface area (Å²) in [5, 5.41) is 5.21. The summed E-state index contributed by atoms with van der Waals surface area (Å²) in [4.78, 5) is 11.4. The van der Waals surface area contributed by atoms with E-state index in [-0.39, 0.29) is 12.8 Å². The summed E-state index contributed by atoms with van der Waals surface area (Å²) in [5.41, 5.74) is 1.04. The Hall–Kier alpha value is -2.17. The van der Waals surface area contributed by atoms with Crippen molar-refractivity contribution in [2.45, 2.75) is 6.54 Å². The van der Waals surface area contributed by atoms with Crippen LogP contribution in [0.4, 0.5) is 4.79 Å². The maximum Gasteiger partial charge on any atom is 0.321 e. The highest BCUT2D eigenvalue weighted by molar-refractivity contribution is 5.75. The lowest BCUT2D eigenvalue weighted by atomic mass is 10.2. The van der Waals surface area contributed by atoms with E-state index in [2.05, 4.69) is 10.6 Å². The van der Waals surface area contributed by atoms with Gasteiger partial charge in [-0.15, -0.1) is 0 Å². The zero-order valence-corrected chi connectivity index (χ0v) is 8.60. The quantitative estimate of drug-likeness (QED) is 0.806. The molecule has 84 valence electrons. The maximum atomic E-state index is 11.4. The highest BCUT2D eigenvalue weighted by Crippen LogP contribution is 2.02. The van der Waals surface area contributed by atoms with Crippen LogP contribution in [0.2, 0.25) is 0 Å². The number of hydrogen-bond acceptors (Lipinski definition) is 3. The van der Waals surface area contributed by atoms with Crippen LogP contribution >= 0.6 is 0 Å². The van der Waals surface area contributed by atoms with Gasteiger partial charge in [0.15, 0.2) is 0 Å². The Balaban J connectivity index is 1.75. The molecule has 0 bridgehead atoms. The Labute approximate surface area is 93.0 Å². The summed E-state index contributed by atoms with van der Waals surface area (Å²) in [5.74, 6) is 0.325. The average molecular weight is 220 g/mol. The lowest BCUT2D eigenvalue weighted by Gasteiger charge is -2.06. The molecule has 5 nitrogen and oxygen atoms in total. The van der Waals surface area contributed by atoms with Crippen LogP contribution in [0.25, 0.3) is 0 Å². The monoisotopic (exact) mass is 220 g/mol. The van der Waals surface area contributed by atoms with Crippen LogP contribution in [0.1, 0.15) is 5.56 Å². The minimum absolute atomic E-state index is 0.147. The van der Waals surface area contributed by atoms with E-state index >= 15 is 0 Å². The third-order valence-electron chi connectivity index (χ3n) is 2.01. The van der Waals surface area contributed by atoms with Crippen molar-refractivity contribution in [3.05, 3.63) is 48.0 Å². The van der Waals surface area contributed by atoms with Crippen molar-refractivity contribution in [1.29, 1.82) is 0 Å². The summed E-state index contributed by atoms with van der Waals surface area (Å²) >= 11 is 0. The first-order valence-electron chi connectivity index (χ1n) is 4.88. The molecule has 0 fully saturated rings. The molecule has 0 saturated heterocycles. The predicted molar refractivity (Wildman–Crippen MR) is 56.9 cm³/mol. The summed E-state index contributed by atoms with van der Waals surface area (Å²) in [6.07, 6.45) is 1.36. The zero-order chi connectivity index (χ0) is 11.2. The highest BCUT2D eigenvalue weighted by Gasteiger charge is 2.09. The number of ether oxygens (including phenoxy) is 2. The van der Waals surface area contributed by atoms with Gasteiger partial charge in [-0.2, -0.15) is 0 Å². The van der Waals surface area contributed by atoms with Crippen molar-refractivity contribution in [3.8, 4) is 0 Å². The molecular formula is C11H12N2O3. The second-order valence-corrected chi connectivity index (χ2v) is 3.20. The van der Waals surface area contributed by atoms with Crippen molar-refractivity contribution in [2.75, 3.05) is 6.79 Å². The molecule has 0 atom stereocenters. The molecule has 0 spiro atoms. The van der Waals surface area contributed by atoms with Crippen LogP contribution in [0.15, 0.2) is 42.5 Å². The Morgan fingerprint density at radius 2 is 2.12 bits per heavy atom. The molecule has 0 saturated carbocycles. The number of amides is 2. The lowest BCUT2D eigenvalue weighted by molar-refractivity contribution is 0.0758. The van der Waals surface area contributed by atoms with Crippen LogP contribution in [0.3, 0.4) is 0 Å². The normalized spacial score (nSPS) is 13.4. The molecule has 1 aliphatic rings. The molecule has 0 unspecified atom stereocenters. The second kappa shape index (κ2) is 5.06. The van der Waals surface area contributed by atoms with Gasteiger partial charge in [-0.05, 0) is 5.56 Å². The summed E-state index contributed by atoms with van der Waals surface area (Å²) in [6, 6.07) is 9.33. The van der Waals surface area contributed by atoms with Crippen LogP contribution in [0.5, 0.6) is 0 Å². The fourth-order valence-corrected chi connectivity index (χ4v) is 1.24. The number of hydrogen-bond donors (Lipinski definition) is 2. The zero-order valence-electron chi connectivity index (χ0n) is 8.60. The molecule has 1 aromatic rings. The number of urea groups is 1. The van der Waals surface area contributed by atoms with E-state index in [4.69, 9.17) is 9.47 Å².